The molecule has 0 fully saturated rings. The molecule has 0 saturated heterocycles. The van der Waals surface area contributed by atoms with Gasteiger partial charge in [-0.25, -0.2) is 4.98 Å². The molecule has 1 aromatic heterocycles. The van der Waals surface area contributed by atoms with E-state index in [1.54, 1.807) is 17.0 Å². The zero-order chi connectivity index (χ0) is 14.5. The van der Waals surface area contributed by atoms with Gasteiger partial charge in [0.25, 0.3) is 5.56 Å². The van der Waals surface area contributed by atoms with Crippen LogP contribution in [0.2, 0.25) is 0 Å². The summed E-state index contributed by atoms with van der Waals surface area (Å²) in [6.45, 7) is 0.375. The molecule has 7 heteroatoms. The van der Waals surface area contributed by atoms with E-state index in [4.69, 9.17) is 11.5 Å². The van der Waals surface area contributed by atoms with Gasteiger partial charge in [0.2, 0.25) is 5.91 Å². The maximum atomic E-state index is 11.3. The summed E-state index contributed by atoms with van der Waals surface area (Å²) >= 11 is 0. The highest BCUT2D eigenvalue weighted by atomic mass is 16.1. The molecule has 0 radical (unpaired) electrons. The molecule has 0 saturated carbocycles. The molecule has 1 aromatic carbocycles. The Hall–Kier alpha value is -2.83. The van der Waals surface area contributed by atoms with Crippen molar-refractivity contribution in [2.24, 2.45) is 5.73 Å². The van der Waals surface area contributed by atoms with E-state index in [1.165, 1.54) is 12.4 Å². The zero-order valence-electron chi connectivity index (χ0n) is 10.7. The topological polar surface area (TPSA) is 118 Å². The third kappa shape index (κ3) is 3.58. The number of H-pyrrole nitrogens is 1. The molecule has 0 spiro atoms. The summed E-state index contributed by atoms with van der Waals surface area (Å²) in [7, 11) is 0. The van der Waals surface area contributed by atoms with Crippen LogP contribution in [0.15, 0.2) is 41.5 Å². The average molecular weight is 273 g/mol. The highest BCUT2D eigenvalue weighted by Gasteiger charge is 2.12. The Morgan fingerprint density at radius 1 is 1.30 bits per heavy atom. The van der Waals surface area contributed by atoms with Crippen molar-refractivity contribution < 1.29 is 4.79 Å². The molecular formula is C13H15N5O2. The normalized spacial score (nSPS) is 10.2. The molecule has 5 N–H and O–H groups in total. The molecule has 0 bridgehead atoms. The Kier molecular flexibility index (Phi) is 3.99. The maximum Gasteiger partial charge on any atom is 0.252 e. The molecule has 1 amide bonds. The van der Waals surface area contributed by atoms with Gasteiger partial charge in [0.15, 0.2) is 0 Å². The van der Waals surface area contributed by atoms with Crippen molar-refractivity contribution in [3.63, 3.8) is 0 Å². The number of hydrogen-bond donors (Lipinski definition) is 3. The summed E-state index contributed by atoms with van der Waals surface area (Å²) in [4.78, 5) is 30.6. The van der Waals surface area contributed by atoms with E-state index in [0.717, 1.165) is 5.56 Å². The van der Waals surface area contributed by atoms with Crippen molar-refractivity contribution in [1.82, 2.24) is 9.97 Å². The van der Waals surface area contributed by atoms with Crippen LogP contribution in [-0.2, 0) is 11.3 Å². The lowest BCUT2D eigenvalue weighted by Crippen LogP contribution is -2.34. The summed E-state index contributed by atoms with van der Waals surface area (Å²) in [6, 6.07) is 8.54. The summed E-state index contributed by atoms with van der Waals surface area (Å²) in [5, 5.41) is 0. The average Bonchev–Trinajstić information content (AvgIpc) is 2.40. The van der Waals surface area contributed by atoms with Crippen molar-refractivity contribution in [3.8, 4) is 0 Å². The Balaban J connectivity index is 2.25. The second-order valence-electron chi connectivity index (χ2n) is 4.33. The number of hydrogen-bond acceptors (Lipinski definition) is 5. The number of primary amides is 1. The van der Waals surface area contributed by atoms with Crippen LogP contribution in [0.4, 0.5) is 11.5 Å². The second kappa shape index (κ2) is 5.87. The molecule has 0 aliphatic carbocycles. The first-order valence-corrected chi connectivity index (χ1v) is 5.97. The quantitative estimate of drug-likeness (QED) is 0.654. The Morgan fingerprint density at radius 3 is 2.60 bits per heavy atom. The highest BCUT2D eigenvalue weighted by molar-refractivity contribution is 5.79. The van der Waals surface area contributed by atoms with Crippen LogP contribution in [0, 0.1) is 0 Å². The van der Waals surface area contributed by atoms with Gasteiger partial charge in [0, 0.05) is 18.3 Å². The number of nitrogen functional groups attached to an aromatic ring is 1. The Labute approximate surface area is 115 Å². The lowest BCUT2D eigenvalue weighted by molar-refractivity contribution is -0.116. The fraction of sp³-hybridized carbons (Fsp3) is 0.154. The number of nitrogens with two attached hydrogens (primary N) is 2. The number of benzene rings is 1. The first-order valence-electron chi connectivity index (χ1n) is 5.97. The van der Waals surface area contributed by atoms with Crippen molar-refractivity contribution in [2.45, 2.75) is 6.54 Å². The van der Waals surface area contributed by atoms with E-state index in [9.17, 15) is 9.59 Å². The van der Waals surface area contributed by atoms with Gasteiger partial charge in [-0.3, -0.25) is 9.59 Å². The second-order valence-corrected chi connectivity index (χ2v) is 4.33. The smallest absolute Gasteiger partial charge is 0.252 e. The first-order chi connectivity index (χ1) is 9.54. The van der Waals surface area contributed by atoms with E-state index in [2.05, 4.69) is 9.97 Å². The third-order valence-electron chi connectivity index (χ3n) is 2.69. The van der Waals surface area contributed by atoms with E-state index < -0.39 is 5.91 Å². The predicted molar refractivity (Wildman–Crippen MR) is 76.0 cm³/mol. The van der Waals surface area contributed by atoms with Crippen LogP contribution in [0.1, 0.15) is 5.56 Å². The SMILES string of the molecule is NC(=O)CN(Cc1ccc(N)cc1)c1cc(=O)[nH]cn1. The summed E-state index contributed by atoms with van der Waals surface area (Å²) in [5.41, 5.74) is 12.2. The van der Waals surface area contributed by atoms with E-state index in [1.807, 2.05) is 12.1 Å². The van der Waals surface area contributed by atoms with E-state index in [-0.39, 0.29) is 12.1 Å². The van der Waals surface area contributed by atoms with Crippen molar-refractivity contribution in [3.05, 3.63) is 52.6 Å². The van der Waals surface area contributed by atoms with Gasteiger partial charge in [-0.15, -0.1) is 0 Å². The van der Waals surface area contributed by atoms with Gasteiger partial charge in [0.05, 0.1) is 12.9 Å². The number of nitrogens with one attached hydrogen (secondary N) is 1. The lowest BCUT2D eigenvalue weighted by atomic mass is 10.2. The van der Waals surface area contributed by atoms with Crippen LogP contribution in [0.3, 0.4) is 0 Å². The van der Waals surface area contributed by atoms with Crippen molar-refractivity contribution >= 4 is 17.4 Å². The van der Waals surface area contributed by atoms with Gasteiger partial charge in [-0.2, -0.15) is 0 Å². The molecule has 20 heavy (non-hydrogen) atoms. The van der Waals surface area contributed by atoms with Crippen LogP contribution in [0.25, 0.3) is 0 Å². The number of anilines is 2. The molecule has 7 nitrogen and oxygen atoms in total. The standard InChI is InChI=1S/C13H15N5O2/c14-10-3-1-9(2-4-10)6-18(7-11(15)19)12-5-13(20)17-8-16-12/h1-5,8H,6-7,14H2,(H2,15,19)(H,16,17,20). The minimum absolute atomic E-state index is 0.0270. The molecule has 1 heterocycles. The summed E-state index contributed by atoms with van der Waals surface area (Å²) in [5.74, 6) is -0.105. The van der Waals surface area contributed by atoms with Crippen molar-refractivity contribution in [1.29, 1.82) is 0 Å². The maximum absolute atomic E-state index is 11.3. The van der Waals surface area contributed by atoms with Gasteiger partial charge in [-0.1, -0.05) is 12.1 Å². The minimum Gasteiger partial charge on any atom is -0.399 e. The van der Waals surface area contributed by atoms with Gasteiger partial charge < -0.3 is 21.4 Å². The molecule has 104 valence electrons. The fourth-order valence-electron chi connectivity index (χ4n) is 1.78. The van der Waals surface area contributed by atoms with Crippen LogP contribution in [-0.4, -0.2) is 22.4 Å². The lowest BCUT2D eigenvalue weighted by Gasteiger charge is -2.21. The highest BCUT2D eigenvalue weighted by Crippen LogP contribution is 2.13. The number of amides is 1. The zero-order valence-corrected chi connectivity index (χ0v) is 10.7. The van der Waals surface area contributed by atoms with Crippen LogP contribution < -0.4 is 21.9 Å². The number of rotatable bonds is 5. The predicted octanol–water partition coefficient (Wildman–Crippen LogP) is -0.156. The minimum atomic E-state index is -0.498. The Bertz CT molecular complexity index is 650. The third-order valence-corrected chi connectivity index (χ3v) is 2.69. The first kappa shape index (κ1) is 13.6. The molecular weight excluding hydrogens is 258 g/mol. The Morgan fingerprint density at radius 2 is 2.00 bits per heavy atom. The fourth-order valence-corrected chi connectivity index (χ4v) is 1.78. The van der Waals surface area contributed by atoms with Gasteiger partial charge in [-0.05, 0) is 17.7 Å². The molecule has 0 atom stereocenters. The number of aromatic nitrogens is 2. The molecule has 2 rings (SSSR count). The molecule has 0 unspecified atom stereocenters. The van der Waals surface area contributed by atoms with E-state index >= 15 is 0 Å². The van der Waals surface area contributed by atoms with Crippen LogP contribution >= 0.6 is 0 Å². The monoisotopic (exact) mass is 273 g/mol. The molecule has 2 aromatic rings. The number of carbonyl (C=O) groups excluding carboxylic acids is 1. The number of aromatic amines is 1. The van der Waals surface area contributed by atoms with Gasteiger partial charge >= 0.3 is 0 Å². The van der Waals surface area contributed by atoms with E-state index in [0.29, 0.717) is 18.1 Å². The summed E-state index contributed by atoms with van der Waals surface area (Å²) < 4.78 is 0. The molecule has 0 aliphatic rings. The van der Waals surface area contributed by atoms with Crippen LogP contribution in [0.5, 0.6) is 0 Å². The summed E-state index contributed by atoms with van der Waals surface area (Å²) in [6.07, 6.45) is 1.29. The van der Waals surface area contributed by atoms with Crippen molar-refractivity contribution in [2.75, 3.05) is 17.2 Å². The molecule has 0 aliphatic heterocycles. The number of carbonyl (C=O) groups is 1. The number of nitrogens with zero attached hydrogens (tertiary/aromatic N) is 2. The van der Waals surface area contributed by atoms with Gasteiger partial charge in [0.1, 0.15) is 5.82 Å². The largest absolute Gasteiger partial charge is 0.399 e.